The Bertz CT molecular complexity index is 980. The van der Waals surface area contributed by atoms with Gasteiger partial charge in [0.25, 0.3) is 0 Å². The van der Waals surface area contributed by atoms with E-state index in [1.54, 1.807) is 18.3 Å². The molecule has 0 aliphatic carbocycles. The summed E-state index contributed by atoms with van der Waals surface area (Å²) in [5.74, 6) is 1.28. The number of rotatable bonds is 4. The van der Waals surface area contributed by atoms with E-state index in [2.05, 4.69) is 9.88 Å². The second-order valence-corrected chi connectivity index (χ2v) is 7.55. The molecule has 4 nitrogen and oxygen atoms in total. The van der Waals surface area contributed by atoms with Gasteiger partial charge in [0.1, 0.15) is 5.82 Å². The van der Waals surface area contributed by atoms with Gasteiger partial charge in [-0.05, 0) is 43.7 Å². The number of nitrogens with zero attached hydrogens (tertiary/aromatic N) is 4. The summed E-state index contributed by atoms with van der Waals surface area (Å²) in [5, 5.41) is 0. The number of hydrogen-bond acceptors (Lipinski definition) is 3. The van der Waals surface area contributed by atoms with Crippen molar-refractivity contribution in [3.05, 3.63) is 71.9 Å². The number of benzene rings is 1. The van der Waals surface area contributed by atoms with Gasteiger partial charge in [0, 0.05) is 43.2 Å². The topological polar surface area (TPSA) is 34.0 Å². The van der Waals surface area contributed by atoms with Crippen LogP contribution in [0.15, 0.2) is 54.9 Å². The molecule has 0 radical (unpaired) electrons. The van der Waals surface area contributed by atoms with E-state index < -0.39 is 11.7 Å². The number of pyridine rings is 1. The van der Waals surface area contributed by atoms with E-state index in [0.717, 1.165) is 50.1 Å². The van der Waals surface area contributed by atoms with Gasteiger partial charge in [-0.3, -0.25) is 9.88 Å². The van der Waals surface area contributed by atoms with Crippen LogP contribution in [0.25, 0.3) is 11.3 Å². The number of alkyl halides is 3. The van der Waals surface area contributed by atoms with E-state index in [4.69, 9.17) is 4.98 Å². The molecule has 1 unspecified atom stereocenters. The van der Waals surface area contributed by atoms with E-state index >= 15 is 0 Å². The molecule has 7 heteroatoms. The maximum absolute atomic E-state index is 13.0. The lowest BCUT2D eigenvalue weighted by atomic mass is 9.93. The lowest BCUT2D eigenvalue weighted by molar-refractivity contribution is -0.137. The molecule has 1 aromatic carbocycles. The average molecular weight is 400 g/mol. The molecule has 0 saturated carbocycles. The minimum absolute atomic E-state index is 0.259. The van der Waals surface area contributed by atoms with Crippen molar-refractivity contribution in [3.63, 3.8) is 0 Å². The SMILES string of the molecule is Cn1ccnc1CN1CCCC(c2cccc(-c3cccc(C(F)(F)F)c3)n2)C1. The van der Waals surface area contributed by atoms with Crippen LogP contribution in [0.2, 0.25) is 0 Å². The molecule has 2 aromatic heterocycles. The van der Waals surface area contributed by atoms with Crippen molar-refractivity contribution < 1.29 is 13.2 Å². The van der Waals surface area contributed by atoms with E-state index in [1.165, 1.54) is 12.1 Å². The molecule has 0 amide bonds. The van der Waals surface area contributed by atoms with E-state index in [9.17, 15) is 13.2 Å². The molecule has 4 rings (SSSR count). The Kier molecular flexibility index (Phi) is 5.41. The molecule has 0 bridgehead atoms. The van der Waals surface area contributed by atoms with Gasteiger partial charge in [-0.2, -0.15) is 13.2 Å². The van der Waals surface area contributed by atoms with Crippen molar-refractivity contribution in [2.24, 2.45) is 7.05 Å². The van der Waals surface area contributed by atoms with Crippen molar-refractivity contribution in [1.29, 1.82) is 0 Å². The van der Waals surface area contributed by atoms with E-state index in [1.807, 2.05) is 29.9 Å². The molecule has 1 aliphatic rings. The Morgan fingerprint density at radius 3 is 2.72 bits per heavy atom. The van der Waals surface area contributed by atoms with Crippen molar-refractivity contribution >= 4 is 0 Å². The summed E-state index contributed by atoms with van der Waals surface area (Å²) in [6.45, 7) is 2.66. The van der Waals surface area contributed by atoms with Crippen LogP contribution in [0.1, 0.15) is 35.8 Å². The predicted molar refractivity (Wildman–Crippen MR) is 105 cm³/mol. The third kappa shape index (κ3) is 4.50. The Morgan fingerprint density at radius 1 is 1.14 bits per heavy atom. The molecule has 3 aromatic rings. The van der Waals surface area contributed by atoms with Crippen LogP contribution < -0.4 is 0 Å². The van der Waals surface area contributed by atoms with E-state index in [0.29, 0.717) is 11.3 Å². The Labute approximate surface area is 168 Å². The fraction of sp³-hybridized carbons (Fsp3) is 0.364. The molecule has 0 N–H and O–H groups in total. The number of halogens is 3. The molecular weight excluding hydrogens is 377 g/mol. The largest absolute Gasteiger partial charge is 0.416 e. The molecule has 152 valence electrons. The van der Waals surface area contributed by atoms with Gasteiger partial charge < -0.3 is 4.57 Å². The summed E-state index contributed by atoms with van der Waals surface area (Å²) in [7, 11) is 1.99. The number of likely N-dealkylation sites (tertiary alicyclic amines) is 1. The van der Waals surface area contributed by atoms with Gasteiger partial charge >= 0.3 is 6.18 Å². The summed E-state index contributed by atoms with van der Waals surface area (Å²) >= 11 is 0. The summed E-state index contributed by atoms with van der Waals surface area (Å²) in [6, 6.07) is 11.0. The second kappa shape index (κ2) is 7.99. The van der Waals surface area contributed by atoms with Crippen LogP contribution in [0.4, 0.5) is 13.2 Å². The Morgan fingerprint density at radius 2 is 1.97 bits per heavy atom. The lowest BCUT2D eigenvalue weighted by Gasteiger charge is -2.32. The van der Waals surface area contributed by atoms with Crippen molar-refractivity contribution in [3.8, 4) is 11.3 Å². The fourth-order valence-corrected chi connectivity index (χ4v) is 3.88. The van der Waals surface area contributed by atoms with Gasteiger partial charge in [0.2, 0.25) is 0 Å². The molecule has 3 heterocycles. The van der Waals surface area contributed by atoms with Crippen LogP contribution in [0.5, 0.6) is 0 Å². The molecule has 1 fully saturated rings. The predicted octanol–water partition coefficient (Wildman–Crippen LogP) is 4.88. The maximum atomic E-state index is 13.0. The number of imidazole rings is 1. The minimum Gasteiger partial charge on any atom is -0.337 e. The standard InChI is InChI=1S/C22H23F3N4/c1-28-12-10-26-21(28)15-29-11-4-6-17(14-29)20-9-3-8-19(27-20)16-5-2-7-18(13-16)22(23,24)25/h2-3,5,7-10,12-13,17H,4,6,11,14-15H2,1H3. The number of piperidine rings is 1. The lowest BCUT2D eigenvalue weighted by Crippen LogP contribution is -2.34. The van der Waals surface area contributed by atoms with Gasteiger partial charge in [-0.25, -0.2) is 4.98 Å². The number of hydrogen-bond donors (Lipinski definition) is 0. The zero-order valence-corrected chi connectivity index (χ0v) is 16.2. The first kappa shape index (κ1) is 19.6. The molecule has 0 spiro atoms. The van der Waals surface area contributed by atoms with Gasteiger partial charge in [0.15, 0.2) is 0 Å². The molecule has 1 saturated heterocycles. The van der Waals surface area contributed by atoms with Gasteiger partial charge in [0.05, 0.1) is 17.8 Å². The summed E-state index contributed by atoms with van der Waals surface area (Å²) in [6.07, 6.45) is 1.47. The maximum Gasteiger partial charge on any atom is 0.416 e. The van der Waals surface area contributed by atoms with E-state index in [-0.39, 0.29) is 5.92 Å². The number of aromatic nitrogens is 3. The zero-order chi connectivity index (χ0) is 20.4. The molecule has 1 atom stereocenters. The average Bonchev–Trinajstić information content (AvgIpc) is 3.12. The Hall–Kier alpha value is -2.67. The third-order valence-electron chi connectivity index (χ3n) is 5.47. The quantitative estimate of drug-likeness (QED) is 0.626. The summed E-state index contributed by atoms with van der Waals surface area (Å²) in [4.78, 5) is 11.5. The second-order valence-electron chi connectivity index (χ2n) is 7.55. The zero-order valence-electron chi connectivity index (χ0n) is 16.2. The molecule has 29 heavy (non-hydrogen) atoms. The highest BCUT2D eigenvalue weighted by molar-refractivity contribution is 5.60. The van der Waals surface area contributed by atoms with Crippen molar-refractivity contribution in [1.82, 2.24) is 19.4 Å². The highest BCUT2D eigenvalue weighted by Crippen LogP contribution is 2.33. The van der Waals surface area contributed by atoms with Crippen LogP contribution in [0.3, 0.4) is 0 Å². The van der Waals surface area contributed by atoms with Crippen LogP contribution in [-0.2, 0) is 19.8 Å². The summed E-state index contributed by atoms with van der Waals surface area (Å²) in [5.41, 5.74) is 1.35. The van der Waals surface area contributed by atoms with Gasteiger partial charge in [-0.1, -0.05) is 18.2 Å². The minimum atomic E-state index is -4.36. The highest BCUT2D eigenvalue weighted by Gasteiger charge is 2.30. The molecular formula is C22H23F3N4. The van der Waals surface area contributed by atoms with Crippen LogP contribution in [0, 0.1) is 0 Å². The van der Waals surface area contributed by atoms with Crippen LogP contribution in [-0.4, -0.2) is 32.5 Å². The first-order valence-electron chi connectivity index (χ1n) is 9.73. The summed E-state index contributed by atoms with van der Waals surface area (Å²) < 4.78 is 41.2. The van der Waals surface area contributed by atoms with Crippen molar-refractivity contribution in [2.45, 2.75) is 31.5 Å². The monoisotopic (exact) mass is 400 g/mol. The Balaban J connectivity index is 1.53. The van der Waals surface area contributed by atoms with Gasteiger partial charge in [-0.15, -0.1) is 0 Å². The third-order valence-corrected chi connectivity index (χ3v) is 5.47. The fourth-order valence-electron chi connectivity index (χ4n) is 3.88. The number of aryl methyl sites for hydroxylation is 1. The normalized spacial score (nSPS) is 18.1. The first-order chi connectivity index (χ1) is 13.9. The smallest absolute Gasteiger partial charge is 0.337 e. The first-order valence-corrected chi connectivity index (χ1v) is 9.73. The van der Waals surface area contributed by atoms with Crippen LogP contribution >= 0.6 is 0 Å². The molecule has 1 aliphatic heterocycles. The van der Waals surface area contributed by atoms with Crippen molar-refractivity contribution in [2.75, 3.05) is 13.1 Å². The highest BCUT2D eigenvalue weighted by atomic mass is 19.4.